The molecular formula is C16H21Cl2N5O. The number of carbonyl (C=O) groups is 1. The third-order valence-corrected chi connectivity index (χ3v) is 4.71. The van der Waals surface area contributed by atoms with E-state index in [-0.39, 0.29) is 42.6 Å². The van der Waals surface area contributed by atoms with E-state index in [0.29, 0.717) is 11.7 Å². The summed E-state index contributed by atoms with van der Waals surface area (Å²) < 4.78 is 0. The summed E-state index contributed by atoms with van der Waals surface area (Å²) in [5.41, 5.74) is 0.928. The highest BCUT2D eigenvalue weighted by Crippen LogP contribution is 2.27. The number of nitrogens with zero attached hydrogens (tertiary/aromatic N) is 3. The molecule has 0 spiro atoms. The van der Waals surface area contributed by atoms with Crippen LogP contribution in [-0.4, -0.2) is 51.7 Å². The average molecular weight is 370 g/mol. The Morgan fingerprint density at radius 3 is 2.50 bits per heavy atom. The van der Waals surface area contributed by atoms with Crippen molar-refractivity contribution in [1.82, 2.24) is 25.4 Å². The van der Waals surface area contributed by atoms with Gasteiger partial charge in [-0.2, -0.15) is 0 Å². The molecule has 8 heteroatoms. The summed E-state index contributed by atoms with van der Waals surface area (Å²) in [7, 11) is 0. The molecule has 5 rings (SSSR count). The molecule has 0 radical (unpaired) electrons. The minimum atomic E-state index is -0.183. The number of amides is 1. The normalized spacial score (nSPS) is 24.6. The van der Waals surface area contributed by atoms with E-state index >= 15 is 0 Å². The largest absolute Gasteiger partial charge is 0.345 e. The van der Waals surface area contributed by atoms with Crippen LogP contribution in [0, 0.1) is 5.92 Å². The van der Waals surface area contributed by atoms with Crippen molar-refractivity contribution in [2.45, 2.75) is 18.9 Å². The van der Waals surface area contributed by atoms with Crippen LogP contribution in [0.15, 0.2) is 30.3 Å². The molecule has 0 unspecified atom stereocenters. The topological polar surface area (TPSA) is 73.9 Å². The Kier molecular flexibility index (Phi) is 6.21. The van der Waals surface area contributed by atoms with Crippen molar-refractivity contribution in [3.8, 4) is 11.4 Å². The molecule has 1 amide bonds. The minimum absolute atomic E-state index is 0. The predicted octanol–water partition coefficient (Wildman–Crippen LogP) is 2.14. The van der Waals surface area contributed by atoms with Crippen LogP contribution in [-0.2, 0) is 0 Å². The fourth-order valence-electron chi connectivity index (χ4n) is 3.45. The maximum absolute atomic E-state index is 12.4. The number of H-pyrrole nitrogens is 1. The minimum Gasteiger partial charge on any atom is -0.345 e. The van der Waals surface area contributed by atoms with E-state index in [1.807, 2.05) is 30.3 Å². The SMILES string of the molecule is Cl.Cl.O=C(N[C@H]1CN2CCC1CC2)c1n[nH]c(-c2ccccc2)n1. The van der Waals surface area contributed by atoms with Gasteiger partial charge in [0.05, 0.1) is 0 Å². The van der Waals surface area contributed by atoms with E-state index in [2.05, 4.69) is 25.4 Å². The van der Waals surface area contributed by atoms with Crippen molar-refractivity contribution < 1.29 is 4.79 Å². The summed E-state index contributed by atoms with van der Waals surface area (Å²) in [6.07, 6.45) is 2.35. The van der Waals surface area contributed by atoms with E-state index in [9.17, 15) is 4.79 Å². The first-order valence-corrected chi connectivity index (χ1v) is 7.80. The number of aromatic amines is 1. The van der Waals surface area contributed by atoms with Gasteiger partial charge in [0.1, 0.15) is 0 Å². The van der Waals surface area contributed by atoms with Gasteiger partial charge < -0.3 is 10.2 Å². The molecule has 0 saturated carbocycles. The van der Waals surface area contributed by atoms with Crippen molar-refractivity contribution in [2.24, 2.45) is 5.92 Å². The zero-order valence-corrected chi connectivity index (χ0v) is 14.8. The molecule has 1 atom stereocenters. The van der Waals surface area contributed by atoms with Gasteiger partial charge in [-0.25, -0.2) is 4.98 Å². The number of carbonyl (C=O) groups excluding carboxylic acids is 1. The molecule has 1 aromatic carbocycles. The molecule has 3 fully saturated rings. The quantitative estimate of drug-likeness (QED) is 0.868. The first-order chi connectivity index (χ1) is 10.8. The molecule has 4 heterocycles. The van der Waals surface area contributed by atoms with Crippen molar-refractivity contribution >= 4 is 30.7 Å². The van der Waals surface area contributed by atoms with Crippen LogP contribution in [0.5, 0.6) is 0 Å². The number of hydrogen-bond donors (Lipinski definition) is 2. The van der Waals surface area contributed by atoms with Gasteiger partial charge in [0.2, 0.25) is 5.82 Å². The highest BCUT2D eigenvalue weighted by molar-refractivity contribution is 5.91. The molecule has 3 saturated heterocycles. The molecule has 2 bridgehead atoms. The molecule has 2 N–H and O–H groups in total. The predicted molar refractivity (Wildman–Crippen MR) is 96.7 cm³/mol. The average Bonchev–Trinajstić information content (AvgIpc) is 3.07. The van der Waals surface area contributed by atoms with Crippen LogP contribution in [0.2, 0.25) is 0 Å². The van der Waals surface area contributed by atoms with Gasteiger partial charge in [-0.1, -0.05) is 30.3 Å². The standard InChI is InChI=1S/C16H19N5O.2ClH/c22-16(17-13-10-21-8-6-11(13)7-9-21)15-18-14(19-20-15)12-4-2-1-3-5-12;;/h1-5,11,13H,6-10H2,(H,17,22)(H,18,19,20);2*1H/t13-;;/m0../s1. The fraction of sp³-hybridized carbons (Fsp3) is 0.438. The molecule has 3 aliphatic rings. The molecule has 6 nitrogen and oxygen atoms in total. The van der Waals surface area contributed by atoms with Gasteiger partial charge in [0.15, 0.2) is 5.82 Å². The van der Waals surface area contributed by atoms with Gasteiger partial charge in [0, 0.05) is 18.2 Å². The first-order valence-electron chi connectivity index (χ1n) is 7.80. The maximum Gasteiger partial charge on any atom is 0.291 e. The van der Waals surface area contributed by atoms with Crippen molar-refractivity contribution in [2.75, 3.05) is 19.6 Å². The first kappa shape index (κ1) is 18.7. The van der Waals surface area contributed by atoms with E-state index in [0.717, 1.165) is 25.2 Å². The lowest BCUT2D eigenvalue weighted by Gasteiger charge is -2.44. The van der Waals surface area contributed by atoms with Gasteiger partial charge in [0.25, 0.3) is 5.91 Å². The summed E-state index contributed by atoms with van der Waals surface area (Å²) in [5, 5.41) is 10.0. The third kappa shape index (κ3) is 3.71. The molecule has 24 heavy (non-hydrogen) atoms. The van der Waals surface area contributed by atoms with Crippen LogP contribution >= 0.6 is 24.8 Å². The number of nitrogens with one attached hydrogen (secondary N) is 2. The molecular weight excluding hydrogens is 349 g/mol. The van der Waals surface area contributed by atoms with Crippen molar-refractivity contribution in [3.63, 3.8) is 0 Å². The lowest BCUT2D eigenvalue weighted by Crippen LogP contribution is -2.57. The molecule has 2 aromatic rings. The van der Waals surface area contributed by atoms with Crippen LogP contribution in [0.1, 0.15) is 23.5 Å². The van der Waals surface area contributed by atoms with Gasteiger partial charge in [-0.3, -0.25) is 9.89 Å². The Morgan fingerprint density at radius 1 is 1.17 bits per heavy atom. The summed E-state index contributed by atoms with van der Waals surface area (Å²) in [6, 6.07) is 9.93. The Balaban J connectivity index is 0.00000104. The van der Waals surface area contributed by atoms with E-state index in [1.165, 1.54) is 12.8 Å². The molecule has 1 aromatic heterocycles. The third-order valence-electron chi connectivity index (χ3n) is 4.71. The smallest absolute Gasteiger partial charge is 0.291 e. The highest BCUT2D eigenvalue weighted by atomic mass is 35.5. The number of hydrogen-bond acceptors (Lipinski definition) is 4. The van der Waals surface area contributed by atoms with Crippen LogP contribution in [0.25, 0.3) is 11.4 Å². The Morgan fingerprint density at radius 2 is 1.88 bits per heavy atom. The highest BCUT2D eigenvalue weighted by Gasteiger charge is 2.35. The van der Waals surface area contributed by atoms with Crippen LogP contribution in [0.3, 0.4) is 0 Å². The molecule has 130 valence electrons. The van der Waals surface area contributed by atoms with Crippen LogP contribution in [0.4, 0.5) is 0 Å². The fourth-order valence-corrected chi connectivity index (χ4v) is 3.45. The summed E-state index contributed by atoms with van der Waals surface area (Å²) >= 11 is 0. The lowest BCUT2D eigenvalue weighted by molar-refractivity contribution is 0.0615. The van der Waals surface area contributed by atoms with E-state index in [1.54, 1.807) is 0 Å². The Hall–Kier alpha value is -1.63. The number of halogens is 2. The summed E-state index contributed by atoms with van der Waals surface area (Å²) in [4.78, 5) is 19.1. The van der Waals surface area contributed by atoms with Crippen LogP contribution < -0.4 is 5.32 Å². The van der Waals surface area contributed by atoms with Gasteiger partial charge in [-0.05, 0) is 31.8 Å². The summed E-state index contributed by atoms with van der Waals surface area (Å²) in [5.74, 6) is 1.26. The van der Waals surface area contributed by atoms with Crippen molar-refractivity contribution in [3.05, 3.63) is 36.2 Å². The lowest BCUT2D eigenvalue weighted by atomic mass is 9.84. The zero-order chi connectivity index (χ0) is 14.9. The number of piperidine rings is 3. The number of rotatable bonds is 3. The monoisotopic (exact) mass is 369 g/mol. The van der Waals surface area contributed by atoms with E-state index in [4.69, 9.17) is 0 Å². The zero-order valence-electron chi connectivity index (χ0n) is 13.1. The molecule has 3 aliphatic heterocycles. The second-order valence-electron chi connectivity index (χ2n) is 6.09. The number of benzene rings is 1. The van der Waals surface area contributed by atoms with Gasteiger partial charge in [-0.15, -0.1) is 29.9 Å². The van der Waals surface area contributed by atoms with E-state index < -0.39 is 0 Å². The Bertz CT molecular complexity index is 670. The summed E-state index contributed by atoms with van der Waals surface area (Å²) in [6.45, 7) is 3.28. The second-order valence-corrected chi connectivity index (χ2v) is 6.09. The number of fused-ring (bicyclic) bond motifs is 3. The van der Waals surface area contributed by atoms with Gasteiger partial charge >= 0.3 is 0 Å². The van der Waals surface area contributed by atoms with Crippen molar-refractivity contribution in [1.29, 1.82) is 0 Å². The maximum atomic E-state index is 12.4. The Labute approximate surface area is 153 Å². The second kappa shape index (κ2) is 7.96. The molecule has 0 aliphatic carbocycles. The number of aromatic nitrogens is 3.